The quantitative estimate of drug-likeness (QED) is 0.317. The fourth-order valence-corrected chi connectivity index (χ4v) is 0.817. The van der Waals surface area contributed by atoms with E-state index in [4.69, 9.17) is 0 Å². The number of amides is 1. The van der Waals surface area contributed by atoms with Crippen molar-refractivity contribution in [2.24, 2.45) is 0 Å². The third kappa shape index (κ3) is 5.73. The van der Waals surface area contributed by atoms with Crippen LogP contribution in [-0.2, 0) is 4.79 Å². The van der Waals surface area contributed by atoms with Crippen molar-refractivity contribution < 1.29 is 4.79 Å². The molecule has 0 aromatic heterocycles. The van der Waals surface area contributed by atoms with Crippen molar-refractivity contribution >= 4 is 26.8 Å². The normalized spacial score (nSPS) is 9.60. The molecule has 0 aromatic rings. The van der Waals surface area contributed by atoms with Crippen LogP contribution < -0.4 is 4.72 Å². The van der Waals surface area contributed by atoms with Crippen LogP contribution in [0, 0.1) is 11.5 Å². The maximum absolute atomic E-state index is 10.5. The van der Waals surface area contributed by atoms with Crippen LogP contribution in [0.3, 0.4) is 0 Å². The van der Waals surface area contributed by atoms with E-state index in [1.54, 1.807) is 0 Å². The lowest BCUT2D eigenvalue weighted by Crippen LogP contribution is -2.18. The predicted molar refractivity (Wildman–Crippen MR) is 48.3 cm³/mol. The Bertz CT molecular complexity index is 186. The molecule has 0 saturated carbocycles. The largest absolute Gasteiger partial charge is 0.304 e. The Balaban J connectivity index is 4.05. The zero-order valence-electron chi connectivity index (χ0n) is 6.36. The van der Waals surface area contributed by atoms with Crippen LogP contribution in [0.25, 0.3) is 0 Å². The molecule has 1 N–H and O–H groups in total. The molecule has 1 amide bonds. The first-order chi connectivity index (χ1) is 4.45. The number of carbonyl (C=O) groups is 1. The average Bonchev–Trinajstić information content (AvgIpc) is 1.81. The number of hydrogen-bond donors (Lipinski definition) is 2. The van der Waals surface area contributed by atoms with Gasteiger partial charge in [0.1, 0.15) is 8.07 Å². The number of rotatable bonds is 0. The van der Waals surface area contributed by atoms with E-state index in [0.29, 0.717) is 0 Å². The first-order valence-corrected chi connectivity index (χ1v) is 6.87. The van der Waals surface area contributed by atoms with Crippen LogP contribution in [0.15, 0.2) is 0 Å². The Labute approximate surface area is 67.9 Å². The van der Waals surface area contributed by atoms with Crippen molar-refractivity contribution in [3.63, 3.8) is 0 Å². The second-order valence-electron chi connectivity index (χ2n) is 2.94. The lowest BCUT2D eigenvalue weighted by molar-refractivity contribution is -0.113. The van der Waals surface area contributed by atoms with E-state index in [-0.39, 0.29) is 5.91 Å². The summed E-state index contributed by atoms with van der Waals surface area (Å²) in [6.07, 6.45) is 0. The fraction of sp³-hybridized carbons (Fsp3) is 0.500. The van der Waals surface area contributed by atoms with Gasteiger partial charge in [-0.25, -0.2) is 0 Å². The van der Waals surface area contributed by atoms with Crippen molar-refractivity contribution in [1.29, 1.82) is 0 Å². The fourth-order valence-electron chi connectivity index (χ4n) is 0.272. The summed E-state index contributed by atoms with van der Waals surface area (Å²) in [6.45, 7) is 6.23. The van der Waals surface area contributed by atoms with E-state index >= 15 is 0 Å². The zero-order chi connectivity index (χ0) is 8.20. The van der Waals surface area contributed by atoms with Gasteiger partial charge in [-0.2, -0.15) is 0 Å². The summed E-state index contributed by atoms with van der Waals surface area (Å²) in [5, 5.41) is 0. The van der Waals surface area contributed by atoms with Gasteiger partial charge in [0.25, 0.3) is 0 Å². The van der Waals surface area contributed by atoms with E-state index in [2.05, 4.69) is 48.6 Å². The topological polar surface area (TPSA) is 29.1 Å². The molecule has 0 aliphatic heterocycles. The van der Waals surface area contributed by atoms with E-state index in [1.807, 2.05) is 0 Å². The Morgan fingerprint density at radius 2 is 2.00 bits per heavy atom. The highest BCUT2D eigenvalue weighted by Crippen LogP contribution is 1.95. The minimum atomic E-state index is -1.39. The standard InChI is InChI=1S/C6H11NOSSi/c1-10(2,3)5-4-6(8)7-9/h9H,1-3H3,(H,7,8). The molecule has 0 aliphatic rings. The van der Waals surface area contributed by atoms with Gasteiger partial charge in [-0.3, -0.25) is 9.52 Å². The van der Waals surface area contributed by atoms with Gasteiger partial charge in [0.2, 0.25) is 0 Å². The number of thiol groups is 1. The van der Waals surface area contributed by atoms with Crippen molar-refractivity contribution in [3.8, 4) is 11.5 Å². The van der Waals surface area contributed by atoms with E-state index < -0.39 is 8.07 Å². The summed E-state index contributed by atoms with van der Waals surface area (Å²) >= 11 is 3.56. The predicted octanol–water partition coefficient (Wildman–Crippen LogP) is 0.828. The lowest BCUT2D eigenvalue weighted by atomic mass is 10.7. The summed E-state index contributed by atoms with van der Waals surface area (Å²) < 4.78 is 2.14. The average molecular weight is 173 g/mol. The molecule has 0 unspecified atom stereocenters. The molecule has 0 fully saturated rings. The zero-order valence-corrected chi connectivity index (χ0v) is 8.25. The molecule has 2 nitrogen and oxygen atoms in total. The van der Waals surface area contributed by atoms with Crippen molar-refractivity contribution in [2.45, 2.75) is 19.6 Å². The summed E-state index contributed by atoms with van der Waals surface area (Å²) in [6, 6.07) is 0. The molecule has 0 rings (SSSR count). The van der Waals surface area contributed by atoms with Crippen LogP contribution >= 0.6 is 12.8 Å². The number of hydrogen-bond acceptors (Lipinski definition) is 2. The molecule has 0 radical (unpaired) electrons. The highest BCUT2D eigenvalue weighted by Gasteiger charge is 2.07. The van der Waals surface area contributed by atoms with Crippen molar-refractivity contribution in [1.82, 2.24) is 4.72 Å². The minimum absolute atomic E-state index is 0.328. The summed E-state index contributed by atoms with van der Waals surface area (Å²) in [7, 11) is -1.39. The smallest absolute Gasteiger partial charge is 0.292 e. The van der Waals surface area contributed by atoms with Crippen molar-refractivity contribution in [2.75, 3.05) is 0 Å². The Kier molecular flexibility index (Phi) is 3.54. The van der Waals surface area contributed by atoms with E-state index in [1.165, 1.54) is 0 Å². The van der Waals surface area contributed by atoms with Gasteiger partial charge in [-0.1, -0.05) is 32.5 Å². The highest BCUT2D eigenvalue weighted by molar-refractivity contribution is 7.78. The van der Waals surface area contributed by atoms with Crippen LogP contribution in [0.2, 0.25) is 19.6 Å². The first-order valence-electron chi connectivity index (χ1n) is 2.93. The van der Waals surface area contributed by atoms with E-state index in [9.17, 15) is 4.79 Å². The molecular weight excluding hydrogens is 162 g/mol. The van der Waals surface area contributed by atoms with E-state index in [0.717, 1.165) is 0 Å². The molecule has 0 atom stereocenters. The summed E-state index contributed by atoms with van der Waals surface area (Å²) in [5.41, 5.74) is 2.90. The summed E-state index contributed by atoms with van der Waals surface area (Å²) in [5.74, 6) is 2.13. The number of nitrogens with one attached hydrogen (secondary N) is 1. The third-order valence-corrected chi connectivity index (χ3v) is 1.73. The maximum atomic E-state index is 10.5. The van der Waals surface area contributed by atoms with Gasteiger partial charge in [-0.15, -0.1) is 5.54 Å². The highest BCUT2D eigenvalue weighted by atomic mass is 32.1. The summed E-state index contributed by atoms with van der Waals surface area (Å²) in [4.78, 5) is 10.5. The molecule has 0 heterocycles. The second-order valence-corrected chi connectivity index (χ2v) is 7.91. The van der Waals surface area contributed by atoms with Gasteiger partial charge >= 0.3 is 5.91 Å². The van der Waals surface area contributed by atoms with Gasteiger partial charge in [0, 0.05) is 0 Å². The second kappa shape index (κ2) is 3.69. The molecule has 0 spiro atoms. The first kappa shape index (κ1) is 9.60. The Morgan fingerprint density at radius 1 is 1.50 bits per heavy atom. The van der Waals surface area contributed by atoms with Crippen LogP contribution in [0.5, 0.6) is 0 Å². The molecule has 0 saturated heterocycles. The molecule has 0 bridgehead atoms. The van der Waals surface area contributed by atoms with Crippen LogP contribution in [0.4, 0.5) is 0 Å². The lowest BCUT2D eigenvalue weighted by Gasteiger charge is -2.02. The SMILES string of the molecule is C[Si](C)(C)C#CC(=O)NS. The minimum Gasteiger partial charge on any atom is -0.292 e. The maximum Gasteiger partial charge on any atom is 0.304 e. The molecule has 0 aromatic carbocycles. The van der Waals surface area contributed by atoms with Gasteiger partial charge < -0.3 is 0 Å². The van der Waals surface area contributed by atoms with Crippen molar-refractivity contribution in [3.05, 3.63) is 0 Å². The van der Waals surface area contributed by atoms with Gasteiger partial charge in [0.05, 0.1) is 0 Å². The molecular formula is C6H11NOSSi. The van der Waals surface area contributed by atoms with Gasteiger partial charge in [-0.05, 0) is 5.92 Å². The Morgan fingerprint density at radius 3 is 2.30 bits per heavy atom. The third-order valence-electron chi connectivity index (χ3n) is 0.653. The van der Waals surface area contributed by atoms with Gasteiger partial charge in [0.15, 0.2) is 0 Å². The molecule has 0 aliphatic carbocycles. The Hall–Kier alpha value is -0.403. The molecule has 56 valence electrons. The monoisotopic (exact) mass is 173 g/mol. The van der Waals surface area contributed by atoms with Crippen LogP contribution in [0.1, 0.15) is 0 Å². The van der Waals surface area contributed by atoms with Crippen LogP contribution in [-0.4, -0.2) is 14.0 Å². The molecule has 4 heteroatoms. The molecule has 10 heavy (non-hydrogen) atoms. The number of carbonyl (C=O) groups excluding carboxylic acids is 1.